The first kappa shape index (κ1) is 15.4. The Morgan fingerprint density at radius 3 is 2.31 bits per heavy atom. The minimum Gasteiger partial charge on any atom is -0.397 e. The summed E-state index contributed by atoms with van der Waals surface area (Å²) < 4.78 is 0. The molecule has 0 saturated heterocycles. The molecule has 1 fully saturated rings. The Bertz CT molecular complexity index is 204. The van der Waals surface area contributed by atoms with Crippen LogP contribution in [0.15, 0.2) is 0 Å². The molecule has 1 aliphatic carbocycles. The van der Waals surface area contributed by atoms with Crippen molar-refractivity contribution in [3.63, 3.8) is 0 Å². The number of hydrogen-bond acceptors (Lipinski definition) is 2. The highest BCUT2D eigenvalue weighted by Crippen LogP contribution is 2.37. The van der Waals surface area contributed by atoms with E-state index < -0.39 is 0 Å². The predicted molar refractivity (Wildman–Crippen MR) is 66.8 cm³/mol. The van der Waals surface area contributed by atoms with E-state index in [9.17, 15) is 4.79 Å². The van der Waals surface area contributed by atoms with E-state index in [4.69, 9.17) is 10.8 Å². The van der Waals surface area contributed by atoms with Gasteiger partial charge < -0.3 is 10.8 Å². The summed E-state index contributed by atoms with van der Waals surface area (Å²) in [5.74, 6) is 1.82. The molecule has 96 valence electrons. The molecule has 0 aromatic carbocycles. The maximum atomic E-state index is 11.2. The topological polar surface area (TPSA) is 63.3 Å². The molecule has 0 heterocycles. The number of primary amides is 1. The number of hydrogen-bond donors (Lipinski definition) is 2. The number of carbonyl (C=O) groups excluding carboxylic acids is 1. The molecule has 3 atom stereocenters. The third-order valence-corrected chi connectivity index (χ3v) is 3.39. The van der Waals surface area contributed by atoms with Crippen molar-refractivity contribution in [1.82, 2.24) is 0 Å². The van der Waals surface area contributed by atoms with Crippen LogP contribution in [0.1, 0.15) is 47.0 Å². The summed E-state index contributed by atoms with van der Waals surface area (Å²) in [4.78, 5) is 11.2. The Morgan fingerprint density at radius 1 is 1.44 bits per heavy atom. The summed E-state index contributed by atoms with van der Waals surface area (Å²) >= 11 is 0. The summed E-state index contributed by atoms with van der Waals surface area (Å²) in [6, 6.07) is 0. The molecule has 0 bridgehead atoms. The summed E-state index contributed by atoms with van der Waals surface area (Å²) in [7, 11) is 0. The molecule has 16 heavy (non-hydrogen) atoms. The van der Waals surface area contributed by atoms with E-state index in [0.717, 1.165) is 6.42 Å². The lowest BCUT2D eigenvalue weighted by atomic mass is 9.70. The molecule has 3 nitrogen and oxygen atoms in total. The van der Waals surface area contributed by atoms with Gasteiger partial charge in [-0.05, 0) is 37.5 Å². The third kappa shape index (κ3) is 4.97. The fourth-order valence-electron chi connectivity index (χ4n) is 2.53. The van der Waals surface area contributed by atoms with Crippen molar-refractivity contribution < 1.29 is 9.90 Å². The standard InChI is InChI=1S/C11H21NO.C2H6O/c1-7(2)9-5-4-8(3)6-10(9)11(12)13;1-2-3/h7-10H,4-6H2,1-3H3,(H2,12,13);3H,2H2,1H3. The highest BCUT2D eigenvalue weighted by atomic mass is 16.2. The lowest BCUT2D eigenvalue weighted by Gasteiger charge is -2.35. The van der Waals surface area contributed by atoms with Crippen molar-refractivity contribution >= 4 is 5.91 Å². The van der Waals surface area contributed by atoms with Crippen molar-refractivity contribution in [1.29, 1.82) is 0 Å². The van der Waals surface area contributed by atoms with Crippen LogP contribution in [0.3, 0.4) is 0 Å². The molecule has 0 spiro atoms. The van der Waals surface area contributed by atoms with Gasteiger partial charge in [-0.15, -0.1) is 0 Å². The summed E-state index contributed by atoms with van der Waals surface area (Å²) in [6.45, 7) is 8.53. The van der Waals surface area contributed by atoms with Gasteiger partial charge >= 0.3 is 0 Å². The van der Waals surface area contributed by atoms with Crippen molar-refractivity contribution in [2.24, 2.45) is 29.4 Å². The van der Waals surface area contributed by atoms with Gasteiger partial charge in [-0.2, -0.15) is 0 Å². The van der Waals surface area contributed by atoms with Gasteiger partial charge in [0.25, 0.3) is 0 Å². The van der Waals surface area contributed by atoms with E-state index in [1.165, 1.54) is 12.8 Å². The van der Waals surface area contributed by atoms with Crippen molar-refractivity contribution in [3.05, 3.63) is 0 Å². The summed E-state index contributed by atoms with van der Waals surface area (Å²) in [5.41, 5.74) is 5.42. The van der Waals surface area contributed by atoms with Crippen LogP contribution >= 0.6 is 0 Å². The molecule has 0 aliphatic heterocycles. The SMILES string of the molecule is CC1CCC(C(C)C)C(C(N)=O)C1.CCO. The van der Waals surface area contributed by atoms with Crippen LogP contribution in [0.25, 0.3) is 0 Å². The van der Waals surface area contributed by atoms with E-state index in [1.54, 1.807) is 6.92 Å². The van der Waals surface area contributed by atoms with Gasteiger partial charge in [0, 0.05) is 12.5 Å². The Kier molecular flexibility index (Phi) is 7.39. The number of carbonyl (C=O) groups is 1. The highest BCUT2D eigenvalue weighted by Gasteiger charge is 2.33. The van der Waals surface area contributed by atoms with E-state index in [2.05, 4.69) is 20.8 Å². The van der Waals surface area contributed by atoms with Crippen LogP contribution in [0, 0.1) is 23.7 Å². The fraction of sp³-hybridized carbons (Fsp3) is 0.923. The average Bonchev–Trinajstić information content (AvgIpc) is 2.18. The molecule has 0 radical (unpaired) electrons. The zero-order valence-corrected chi connectivity index (χ0v) is 11.1. The Morgan fingerprint density at radius 2 is 1.94 bits per heavy atom. The summed E-state index contributed by atoms with van der Waals surface area (Å²) in [6.07, 6.45) is 3.43. The Balaban J connectivity index is 0.000000673. The van der Waals surface area contributed by atoms with E-state index in [0.29, 0.717) is 17.8 Å². The minimum absolute atomic E-state index is 0.0924. The first-order valence-electron chi connectivity index (χ1n) is 6.34. The molecule has 3 unspecified atom stereocenters. The largest absolute Gasteiger partial charge is 0.397 e. The normalized spacial score (nSPS) is 29.5. The molecule has 1 rings (SSSR count). The van der Waals surface area contributed by atoms with Gasteiger partial charge in [-0.1, -0.05) is 27.2 Å². The second-order valence-electron chi connectivity index (χ2n) is 5.15. The lowest BCUT2D eigenvalue weighted by Crippen LogP contribution is -2.37. The predicted octanol–water partition coefficient (Wildman–Crippen LogP) is 2.18. The number of aliphatic hydroxyl groups is 1. The van der Waals surface area contributed by atoms with Gasteiger partial charge in [0.15, 0.2) is 0 Å². The molecular formula is C13H27NO2. The monoisotopic (exact) mass is 229 g/mol. The quantitative estimate of drug-likeness (QED) is 0.762. The van der Waals surface area contributed by atoms with E-state index in [-0.39, 0.29) is 18.4 Å². The smallest absolute Gasteiger partial charge is 0.220 e. The Labute approximate surface area is 99.4 Å². The fourth-order valence-corrected chi connectivity index (χ4v) is 2.53. The van der Waals surface area contributed by atoms with E-state index in [1.807, 2.05) is 0 Å². The third-order valence-electron chi connectivity index (χ3n) is 3.39. The minimum atomic E-state index is -0.0924. The molecule has 1 saturated carbocycles. The second kappa shape index (κ2) is 7.66. The Hall–Kier alpha value is -0.570. The molecule has 0 aromatic heterocycles. The number of amides is 1. The van der Waals surface area contributed by atoms with Gasteiger partial charge in [0.1, 0.15) is 0 Å². The van der Waals surface area contributed by atoms with Crippen molar-refractivity contribution in [2.45, 2.75) is 47.0 Å². The van der Waals surface area contributed by atoms with Crippen LogP contribution in [0.5, 0.6) is 0 Å². The van der Waals surface area contributed by atoms with E-state index >= 15 is 0 Å². The van der Waals surface area contributed by atoms with Crippen LogP contribution in [-0.4, -0.2) is 17.6 Å². The zero-order valence-electron chi connectivity index (χ0n) is 11.1. The van der Waals surface area contributed by atoms with Crippen LogP contribution < -0.4 is 5.73 Å². The molecule has 1 amide bonds. The van der Waals surface area contributed by atoms with Crippen LogP contribution in [0.2, 0.25) is 0 Å². The maximum Gasteiger partial charge on any atom is 0.220 e. The highest BCUT2D eigenvalue weighted by molar-refractivity contribution is 5.77. The molecule has 0 aromatic rings. The number of nitrogens with two attached hydrogens (primary N) is 1. The van der Waals surface area contributed by atoms with Crippen molar-refractivity contribution in [3.8, 4) is 0 Å². The number of rotatable bonds is 2. The zero-order chi connectivity index (χ0) is 12.7. The average molecular weight is 229 g/mol. The number of aliphatic hydroxyl groups excluding tert-OH is 1. The second-order valence-corrected chi connectivity index (χ2v) is 5.15. The summed E-state index contributed by atoms with van der Waals surface area (Å²) in [5, 5.41) is 7.57. The molecule has 1 aliphatic rings. The lowest BCUT2D eigenvalue weighted by molar-refractivity contribution is -0.125. The van der Waals surface area contributed by atoms with Gasteiger partial charge in [0.2, 0.25) is 5.91 Å². The molecule has 3 heteroatoms. The first-order chi connectivity index (χ1) is 7.43. The van der Waals surface area contributed by atoms with Gasteiger partial charge in [-0.3, -0.25) is 4.79 Å². The van der Waals surface area contributed by atoms with Crippen molar-refractivity contribution in [2.75, 3.05) is 6.61 Å². The first-order valence-corrected chi connectivity index (χ1v) is 6.34. The van der Waals surface area contributed by atoms with Gasteiger partial charge in [-0.25, -0.2) is 0 Å². The molecule has 3 N–H and O–H groups in total. The van der Waals surface area contributed by atoms with Gasteiger partial charge in [0.05, 0.1) is 0 Å². The van der Waals surface area contributed by atoms with Crippen LogP contribution in [-0.2, 0) is 4.79 Å². The molecular weight excluding hydrogens is 202 g/mol. The van der Waals surface area contributed by atoms with Crippen LogP contribution in [0.4, 0.5) is 0 Å². The maximum absolute atomic E-state index is 11.2.